The molecule has 0 aromatic carbocycles. The van der Waals surface area contributed by atoms with Crippen LogP contribution in [0.4, 0.5) is 5.82 Å². The zero-order chi connectivity index (χ0) is 15.5. The summed E-state index contributed by atoms with van der Waals surface area (Å²) in [5.74, 6) is 5.45. The number of nitrogen functional groups attached to an aromatic ring is 1. The highest BCUT2D eigenvalue weighted by Gasteiger charge is 2.36. The molecular formula is C14H22ClN5O. The Bertz CT molecular complexity index is 514. The largest absolute Gasteiger partial charge is 0.349 e. The van der Waals surface area contributed by atoms with Gasteiger partial charge in [-0.2, -0.15) is 0 Å². The lowest BCUT2D eigenvalue weighted by Crippen LogP contribution is -2.50. The molecule has 0 bridgehead atoms. The normalized spacial score (nSPS) is 17.0. The van der Waals surface area contributed by atoms with Crippen molar-refractivity contribution in [1.29, 1.82) is 0 Å². The van der Waals surface area contributed by atoms with Crippen LogP contribution in [0.1, 0.15) is 36.2 Å². The number of nitrogens with one attached hydrogen (secondary N) is 2. The summed E-state index contributed by atoms with van der Waals surface area (Å²) in [5.41, 5.74) is 2.64. The number of pyridine rings is 1. The molecule has 0 saturated heterocycles. The third-order valence-corrected chi connectivity index (χ3v) is 4.57. The topological polar surface area (TPSA) is 83.3 Å². The third kappa shape index (κ3) is 3.45. The molecule has 0 radical (unpaired) electrons. The molecule has 1 amide bonds. The Hall–Kier alpha value is -1.37. The van der Waals surface area contributed by atoms with Crippen LogP contribution in [-0.4, -0.2) is 42.0 Å². The average molecular weight is 312 g/mol. The number of carbonyl (C=O) groups excluding carboxylic acids is 1. The van der Waals surface area contributed by atoms with Gasteiger partial charge < -0.3 is 15.6 Å². The molecule has 1 aromatic heterocycles. The van der Waals surface area contributed by atoms with E-state index in [1.165, 1.54) is 12.8 Å². The maximum atomic E-state index is 12.3. The van der Waals surface area contributed by atoms with E-state index < -0.39 is 0 Å². The highest BCUT2D eigenvalue weighted by Crippen LogP contribution is 2.33. The number of amides is 1. The van der Waals surface area contributed by atoms with E-state index in [-0.39, 0.29) is 17.1 Å². The summed E-state index contributed by atoms with van der Waals surface area (Å²) in [6.45, 7) is 0.594. The van der Waals surface area contributed by atoms with Gasteiger partial charge in [0.15, 0.2) is 0 Å². The summed E-state index contributed by atoms with van der Waals surface area (Å²) in [6, 6.07) is 3.23. The van der Waals surface area contributed by atoms with Gasteiger partial charge in [-0.25, -0.2) is 10.8 Å². The summed E-state index contributed by atoms with van der Waals surface area (Å²) in [7, 11) is 4.11. The van der Waals surface area contributed by atoms with Crippen LogP contribution in [0.3, 0.4) is 0 Å². The van der Waals surface area contributed by atoms with E-state index in [0.29, 0.717) is 17.4 Å². The quantitative estimate of drug-likeness (QED) is 0.568. The number of nitrogens with zero attached hydrogens (tertiary/aromatic N) is 2. The van der Waals surface area contributed by atoms with Gasteiger partial charge in [-0.05, 0) is 39.1 Å². The Morgan fingerprint density at radius 3 is 2.67 bits per heavy atom. The van der Waals surface area contributed by atoms with Crippen molar-refractivity contribution in [2.24, 2.45) is 5.84 Å². The second-order valence-electron chi connectivity index (χ2n) is 5.68. The first kappa shape index (κ1) is 16.0. The van der Waals surface area contributed by atoms with Crippen LogP contribution in [0.2, 0.25) is 5.02 Å². The molecule has 0 aliphatic heterocycles. The van der Waals surface area contributed by atoms with Crippen molar-refractivity contribution in [2.75, 3.05) is 26.1 Å². The van der Waals surface area contributed by atoms with Gasteiger partial charge in [-0.15, -0.1) is 0 Å². The number of halogens is 1. The number of aromatic nitrogens is 1. The van der Waals surface area contributed by atoms with Crippen LogP contribution in [0.5, 0.6) is 0 Å². The maximum Gasteiger partial charge on any atom is 0.271 e. The molecule has 2 rings (SSSR count). The molecule has 0 spiro atoms. The summed E-state index contributed by atoms with van der Waals surface area (Å²) >= 11 is 6.04. The summed E-state index contributed by atoms with van der Waals surface area (Å²) < 4.78 is 0. The van der Waals surface area contributed by atoms with Crippen LogP contribution >= 0.6 is 11.6 Å². The highest BCUT2D eigenvalue weighted by molar-refractivity contribution is 6.33. The van der Waals surface area contributed by atoms with Crippen molar-refractivity contribution in [3.63, 3.8) is 0 Å². The lowest BCUT2D eigenvalue weighted by Gasteiger charge is -2.36. The molecule has 116 valence electrons. The van der Waals surface area contributed by atoms with Gasteiger partial charge in [0.2, 0.25) is 0 Å². The predicted octanol–water partition coefficient (Wildman–Crippen LogP) is 1.62. The summed E-state index contributed by atoms with van der Waals surface area (Å²) in [6.07, 6.45) is 4.57. The molecule has 7 heteroatoms. The van der Waals surface area contributed by atoms with Gasteiger partial charge in [-0.1, -0.05) is 24.4 Å². The predicted molar refractivity (Wildman–Crippen MR) is 84.3 cm³/mol. The Morgan fingerprint density at radius 2 is 2.10 bits per heavy atom. The Labute approximate surface area is 130 Å². The van der Waals surface area contributed by atoms with Gasteiger partial charge >= 0.3 is 0 Å². The van der Waals surface area contributed by atoms with Crippen molar-refractivity contribution >= 4 is 23.3 Å². The number of carbonyl (C=O) groups is 1. The van der Waals surface area contributed by atoms with Gasteiger partial charge in [-0.3, -0.25) is 4.79 Å². The monoisotopic (exact) mass is 311 g/mol. The second kappa shape index (κ2) is 6.60. The molecule has 1 saturated carbocycles. The maximum absolute atomic E-state index is 12.3. The molecule has 1 aliphatic rings. The van der Waals surface area contributed by atoms with Crippen molar-refractivity contribution < 1.29 is 4.79 Å². The third-order valence-electron chi connectivity index (χ3n) is 4.27. The van der Waals surface area contributed by atoms with Crippen LogP contribution in [0.15, 0.2) is 12.1 Å². The molecule has 4 N–H and O–H groups in total. The fourth-order valence-corrected chi connectivity index (χ4v) is 3.02. The second-order valence-corrected chi connectivity index (χ2v) is 6.09. The minimum absolute atomic E-state index is 0.0336. The smallest absolute Gasteiger partial charge is 0.271 e. The lowest BCUT2D eigenvalue weighted by molar-refractivity contribution is 0.0895. The Kier molecular flexibility index (Phi) is 5.03. The number of hydrogen-bond donors (Lipinski definition) is 3. The van der Waals surface area contributed by atoms with Gasteiger partial charge in [0.05, 0.1) is 5.02 Å². The number of nitrogens with two attached hydrogens (primary N) is 1. The van der Waals surface area contributed by atoms with Crippen LogP contribution in [0.25, 0.3) is 0 Å². The molecule has 1 aliphatic carbocycles. The van der Waals surface area contributed by atoms with Gasteiger partial charge in [0, 0.05) is 12.1 Å². The number of hydrazine groups is 1. The molecule has 1 heterocycles. The van der Waals surface area contributed by atoms with E-state index in [1.807, 2.05) is 0 Å². The average Bonchev–Trinajstić information content (AvgIpc) is 2.95. The SMILES string of the molecule is CN(C)C1(CNC(=O)c2nc(NN)ccc2Cl)CCCC1. The molecule has 1 fully saturated rings. The number of anilines is 1. The molecule has 0 unspecified atom stereocenters. The van der Waals surface area contributed by atoms with E-state index in [1.54, 1.807) is 12.1 Å². The van der Waals surface area contributed by atoms with Crippen LogP contribution in [0, 0.1) is 0 Å². The zero-order valence-electron chi connectivity index (χ0n) is 12.4. The van der Waals surface area contributed by atoms with Crippen molar-refractivity contribution in [1.82, 2.24) is 15.2 Å². The summed E-state index contributed by atoms with van der Waals surface area (Å²) in [5, 5.41) is 3.28. The zero-order valence-corrected chi connectivity index (χ0v) is 13.2. The van der Waals surface area contributed by atoms with Crippen LogP contribution < -0.4 is 16.6 Å². The fraction of sp³-hybridized carbons (Fsp3) is 0.571. The first-order chi connectivity index (χ1) is 9.98. The Morgan fingerprint density at radius 1 is 1.43 bits per heavy atom. The molecule has 1 aromatic rings. The number of hydrogen-bond acceptors (Lipinski definition) is 5. The van der Waals surface area contributed by atoms with Crippen molar-refractivity contribution in [3.05, 3.63) is 22.8 Å². The van der Waals surface area contributed by atoms with E-state index in [0.717, 1.165) is 12.8 Å². The van der Waals surface area contributed by atoms with Crippen molar-refractivity contribution in [3.8, 4) is 0 Å². The summed E-state index contributed by atoms with van der Waals surface area (Å²) in [4.78, 5) is 18.6. The van der Waals surface area contributed by atoms with E-state index in [9.17, 15) is 4.79 Å². The van der Waals surface area contributed by atoms with E-state index in [4.69, 9.17) is 17.4 Å². The minimum Gasteiger partial charge on any atom is -0.349 e. The Balaban J connectivity index is 2.08. The van der Waals surface area contributed by atoms with Gasteiger partial charge in [0.1, 0.15) is 11.5 Å². The molecular weight excluding hydrogens is 290 g/mol. The first-order valence-electron chi connectivity index (χ1n) is 7.07. The van der Waals surface area contributed by atoms with E-state index >= 15 is 0 Å². The standard InChI is InChI=1S/C14H22ClN5O/c1-20(2)14(7-3-4-8-14)9-17-13(21)12-10(15)5-6-11(18-12)19-16/h5-6H,3-4,7-9,16H2,1-2H3,(H,17,21)(H,18,19). The molecule has 0 atom stereocenters. The van der Waals surface area contributed by atoms with E-state index in [2.05, 4.69) is 34.7 Å². The highest BCUT2D eigenvalue weighted by atomic mass is 35.5. The number of likely N-dealkylation sites (N-methyl/N-ethyl adjacent to an activating group) is 1. The van der Waals surface area contributed by atoms with Crippen molar-refractivity contribution in [2.45, 2.75) is 31.2 Å². The lowest BCUT2D eigenvalue weighted by atomic mass is 9.96. The first-order valence-corrected chi connectivity index (χ1v) is 7.45. The molecule has 6 nitrogen and oxygen atoms in total. The fourth-order valence-electron chi connectivity index (χ4n) is 2.83. The molecule has 21 heavy (non-hydrogen) atoms. The van der Waals surface area contributed by atoms with Crippen LogP contribution in [-0.2, 0) is 0 Å². The minimum atomic E-state index is -0.273. The number of rotatable bonds is 5. The van der Waals surface area contributed by atoms with Gasteiger partial charge in [0.25, 0.3) is 5.91 Å².